The number of carboxylic acids is 1. The summed E-state index contributed by atoms with van der Waals surface area (Å²) in [6.07, 6.45) is -0.897. The van der Waals surface area contributed by atoms with Gasteiger partial charge < -0.3 is 20.2 Å². The molecule has 0 aromatic heterocycles. The van der Waals surface area contributed by atoms with Gasteiger partial charge in [0.1, 0.15) is 11.2 Å². The minimum absolute atomic E-state index is 0.0959. The number of phenols is 1. The van der Waals surface area contributed by atoms with Gasteiger partial charge in [-0.05, 0) is 36.6 Å². The second-order valence-electron chi connectivity index (χ2n) is 6.81. The van der Waals surface area contributed by atoms with Crippen LogP contribution in [0.3, 0.4) is 0 Å². The summed E-state index contributed by atoms with van der Waals surface area (Å²) >= 11 is 5.76. The molecule has 27 heavy (non-hydrogen) atoms. The highest BCUT2D eigenvalue weighted by molar-refractivity contribution is 6.32. The summed E-state index contributed by atoms with van der Waals surface area (Å²) in [7, 11) is 0. The summed E-state index contributed by atoms with van der Waals surface area (Å²) in [5.74, 6) is -1.67. The molecule has 0 bridgehead atoms. The fourth-order valence-electron chi connectivity index (χ4n) is 3.48. The first kappa shape index (κ1) is 19.2. The zero-order valence-corrected chi connectivity index (χ0v) is 15.3. The molecule has 0 spiro atoms. The van der Waals surface area contributed by atoms with Crippen molar-refractivity contribution in [2.75, 3.05) is 13.1 Å². The van der Waals surface area contributed by atoms with E-state index in [-0.39, 0.29) is 48.2 Å². The number of β-amino-alcohol motifs (C(OH)–C–C–N with tert-alkyl or cyclic N) is 1. The quantitative estimate of drug-likeness (QED) is 0.746. The van der Waals surface area contributed by atoms with Crippen LogP contribution in [0.25, 0.3) is 0 Å². The Morgan fingerprint density at radius 1 is 1.19 bits per heavy atom. The standard InChI is InChI=1S/C20H20ClNO5/c21-15-7-6-14(10-16(15)23)18(25)22-9-8-20(19(26)27,17(24)12-22)11-13-4-2-1-3-5-13/h1-7,10,17,23-24H,8-9,11-12H2,(H,26,27)/t17-,20-/m1/s1. The number of aliphatic hydroxyl groups is 1. The van der Waals surface area contributed by atoms with E-state index in [2.05, 4.69) is 0 Å². The van der Waals surface area contributed by atoms with Crippen LogP contribution in [-0.2, 0) is 11.2 Å². The van der Waals surface area contributed by atoms with Crippen molar-refractivity contribution in [3.05, 3.63) is 64.7 Å². The summed E-state index contributed by atoms with van der Waals surface area (Å²) in [5, 5.41) is 30.3. The second-order valence-corrected chi connectivity index (χ2v) is 7.21. The van der Waals surface area contributed by atoms with Gasteiger partial charge in [-0.3, -0.25) is 9.59 Å². The number of piperidine rings is 1. The Morgan fingerprint density at radius 2 is 1.89 bits per heavy atom. The lowest BCUT2D eigenvalue weighted by atomic mass is 9.71. The monoisotopic (exact) mass is 389 g/mol. The van der Waals surface area contributed by atoms with Gasteiger partial charge in [-0.1, -0.05) is 41.9 Å². The van der Waals surface area contributed by atoms with Crippen LogP contribution in [0.15, 0.2) is 48.5 Å². The van der Waals surface area contributed by atoms with Crippen LogP contribution in [0.1, 0.15) is 22.3 Å². The molecule has 1 aliphatic rings. The Morgan fingerprint density at radius 3 is 2.48 bits per heavy atom. The SMILES string of the molecule is O=C(c1ccc(Cl)c(O)c1)N1CC[C@](Cc2ccccc2)(C(=O)O)[C@H](O)C1. The zero-order chi connectivity index (χ0) is 19.6. The summed E-state index contributed by atoms with van der Waals surface area (Å²) in [5.41, 5.74) is -0.295. The Bertz CT molecular complexity index is 857. The molecule has 1 heterocycles. The molecule has 0 aliphatic carbocycles. The van der Waals surface area contributed by atoms with Crippen LogP contribution in [-0.4, -0.2) is 51.3 Å². The van der Waals surface area contributed by atoms with Gasteiger partial charge in [-0.25, -0.2) is 0 Å². The lowest BCUT2D eigenvalue weighted by Gasteiger charge is -2.43. The van der Waals surface area contributed by atoms with Crippen LogP contribution in [0, 0.1) is 5.41 Å². The molecule has 2 aromatic rings. The molecule has 0 saturated carbocycles. The molecular formula is C20H20ClNO5. The molecule has 7 heteroatoms. The van der Waals surface area contributed by atoms with Gasteiger partial charge in [0.2, 0.25) is 0 Å². The Labute approximate surface area is 161 Å². The van der Waals surface area contributed by atoms with Crippen molar-refractivity contribution in [3.63, 3.8) is 0 Å². The first-order valence-corrected chi connectivity index (χ1v) is 8.94. The Balaban J connectivity index is 1.79. The van der Waals surface area contributed by atoms with Gasteiger partial charge >= 0.3 is 5.97 Å². The third-order valence-electron chi connectivity index (χ3n) is 5.13. The molecule has 0 radical (unpaired) electrons. The van der Waals surface area contributed by atoms with Crippen LogP contribution in [0.2, 0.25) is 5.02 Å². The summed E-state index contributed by atoms with van der Waals surface area (Å²) in [4.78, 5) is 26.1. The van der Waals surface area contributed by atoms with Crippen molar-refractivity contribution in [1.82, 2.24) is 4.90 Å². The topological polar surface area (TPSA) is 98.1 Å². The zero-order valence-electron chi connectivity index (χ0n) is 14.5. The highest BCUT2D eigenvalue weighted by atomic mass is 35.5. The molecule has 6 nitrogen and oxygen atoms in total. The van der Waals surface area contributed by atoms with Gasteiger partial charge in [0.05, 0.1) is 11.1 Å². The van der Waals surface area contributed by atoms with E-state index >= 15 is 0 Å². The fourth-order valence-corrected chi connectivity index (χ4v) is 3.60. The van der Waals surface area contributed by atoms with E-state index in [4.69, 9.17) is 11.6 Å². The van der Waals surface area contributed by atoms with E-state index in [1.165, 1.54) is 23.1 Å². The predicted octanol–water partition coefficient (Wildman–Crippen LogP) is 2.57. The fraction of sp³-hybridized carbons (Fsp3) is 0.300. The third-order valence-corrected chi connectivity index (χ3v) is 5.45. The van der Waals surface area contributed by atoms with Crippen molar-refractivity contribution >= 4 is 23.5 Å². The number of carboxylic acid groups (broad SMARTS) is 1. The molecule has 1 aliphatic heterocycles. The number of nitrogens with zero attached hydrogens (tertiary/aromatic N) is 1. The summed E-state index contributed by atoms with van der Waals surface area (Å²) < 4.78 is 0. The molecule has 0 unspecified atom stereocenters. The number of hydrogen-bond acceptors (Lipinski definition) is 4. The Kier molecular flexibility index (Phi) is 5.39. The molecule has 1 fully saturated rings. The van der Waals surface area contributed by atoms with E-state index in [1.807, 2.05) is 30.3 Å². The lowest BCUT2D eigenvalue weighted by Crippen LogP contribution is -2.57. The third kappa shape index (κ3) is 3.77. The molecule has 2 atom stereocenters. The first-order chi connectivity index (χ1) is 12.8. The van der Waals surface area contributed by atoms with Crippen molar-refractivity contribution < 1.29 is 24.9 Å². The van der Waals surface area contributed by atoms with Gasteiger partial charge in [0, 0.05) is 18.7 Å². The second kappa shape index (κ2) is 7.58. The molecule has 142 valence electrons. The highest BCUT2D eigenvalue weighted by Crippen LogP contribution is 2.36. The maximum absolute atomic E-state index is 12.7. The van der Waals surface area contributed by atoms with Gasteiger partial charge in [0.15, 0.2) is 0 Å². The number of phenolic OH excluding ortho intramolecular Hbond substituents is 1. The average molecular weight is 390 g/mol. The van der Waals surface area contributed by atoms with Crippen LogP contribution in [0.4, 0.5) is 0 Å². The number of likely N-dealkylation sites (tertiary alicyclic amines) is 1. The molecule has 3 rings (SSSR count). The van der Waals surface area contributed by atoms with Crippen LogP contribution >= 0.6 is 11.6 Å². The van der Waals surface area contributed by atoms with Crippen molar-refractivity contribution in [2.24, 2.45) is 5.41 Å². The number of amides is 1. The minimum atomic E-state index is -1.35. The van der Waals surface area contributed by atoms with Crippen molar-refractivity contribution in [1.29, 1.82) is 0 Å². The van der Waals surface area contributed by atoms with Gasteiger partial charge in [-0.15, -0.1) is 0 Å². The molecule has 3 N–H and O–H groups in total. The van der Waals surface area contributed by atoms with Crippen LogP contribution < -0.4 is 0 Å². The number of rotatable bonds is 4. The Hall–Kier alpha value is -2.57. The number of halogens is 1. The van der Waals surface area contributed by atoms with Crippen LogP contribution in [0.5, 0.6) is 5.75 Å². The number of aliphatic hydroxyl groups excluding tert-OH is 1. The molecule has 1 saturated heterocycles. The van der Waals surface area contributed by atoms with E-state index < -0.39 is 17.5 Å². The lowest BCUT2D eigenvalue weighted by molar-refractivity contribution is -0.161. The summed E-state index contributed by atoms with van der Waals surface area (Å²) in [6, 6.07) is 13.3. The maximum Gasteiger partial charge on any atom is 0.312 e. The number of aromatic hydroxyl groups is 1. The average Bonchev–Trinajstić information content (AvgIpc) is 2.65. The minimum Gasteiger partial charge on any atom is -0.506 e. The van der Waals surface area contributed by atoms with Crippen molar-refractivity contribution in [3.8, 4) is 5.75 Å². The van der Waals surface area contributed by atoms with Gasteiger partial charge in [-0.2, -0.15) is 0 Å². The predicted molar refractivity (Wildman–Crippen MR) is 99.9 cm³/mol. The first-order valence-electron chi connectivity index (χ1n) is 8.57. The van der Waals surface area contributed by atoms with Crippen molar-refractivity contribution in [2.45, 2.75) is 18.9 Å². The van der Waals surface area contributed by atoms with E-state index in [9.17, 15) is 24.9 Å². The number of benzene rings is 2. The summed E-state index contributed by atoms with van der Waals surface area (Å²) in [6.45, 7) is 0.0970. The number of carbonyl (C=O) groups excluding carboxylic acids is 1. The highest BCUT2D eigenvalue weighted by Gasteiger charge is 2.49. The largest absolute Gasteiger partial charge is 0.506 e. The molecule has 1 amide bonds. The normalized spacial score (nSPS) is 22.4. The molecular weight excluding hydrogens is 370 g/mol. The number of aliphatic carboxylic acids is 1. The van der Waals surface area contributed by atoms with E-state index in [1.54, 1.807) is 0 Å². The van der Waals surface area contributed by atoms with E-state index in [0.29, 0.717) is 0 Å². The van der Waals surface area contributed by atoms with Gasteiger partial charge in [0.25, 0.3) is 5.91 Å². The smallest absolute Gasteiger partial charge is 0.312 e. The maximum atomic E-state index is 12.7. The number of carbonyl (C=O) groups is 2. The van der Waals surface area contributed by atoms with E-state index in [0.717, 1.165) is 5.56 Å². The number of hydrogen-bond donors (Lipinski definition) is 3. The molecule has 2 aromatic carbocycles.